The summed E-state index contributed by atoms with van der Waals surface area (Å²) in [4.78, 5) is 37.0. The summed E-state index contributed by atoms with van der Waals surface area (Å²) in [5, 5.41) is 20.5. The van der Waals surface area contributed by atoms with Gasteiger partial charge in [-0.05, 0) is 36.8 Å². The molecule has 29 heavy (non-hydrogen) atoms. The number of nitro groups is 1. The lowest BCUT2D eigenvalue weighted by Crippen LogP contribution is -2.49. The van der Waals surface area contributed by atoms with Gasteiger partial charge in [-0.15, -0.1) is 11.8 Å². The normalized spacial score (nSPS) is 19.7. The number of thioether (sulfide) groups is 1. The standard InChI is InChI=1S/C18H25N3O6S2/c1-3-20(24)17(22)16(29-4-2)15-9-14(28)10-19(15)18(23)27-11-12-5-7-13(8-6-12)21(25)26/h5-8,14-16,24,28H,3-4,9-11H2,1-2H3. The molecule has 1 aliphatic heterocycles. The molecule has 3 atom stereocenters. The van der Waals surface area contributed by atoms with E-state index in [2.05, 4.69) is 12.6 Å². The Labute approximate surface area is 178 Å². The number of nitrogens with zero attached hydrogens (tertiary/aromatic N) is 3. The number of thiol groups is 1. The van der Waals surface area contributed by atoms with E-state index in [1.54, 1.807) is 6.92 Å². The van der Waals surface area contributed by atoms with Crippen molar-refractivity contribution in [1.82, 2.24) is 9.96 Å². The van der Waals surface area contributed by atoms with Crippen LogP contribution in [0, 0.1) is 10.1 Å². The molecule has 0 radical (unpaired) electrons. The van der Waals surface area contributed by atoms with E-state index in [1.807, 2.05) is 6.92 Å². The summed E-state index contributed by atoms with van der Waals surface area (Å²) < 4.78 is 5.37. The molecule has 0 bridgehead atoms. The summed E-state index contributed by atoms with van der Waals surface area (Å²) >= 11 is 5.84. The Bertz CT molecular complexity index is 733. The van der Waals surface area contributed by atoms with Gasteiger partial charge in [-0.1, -0.05) is 6.92 Å². The number of benzene rings is 1. The van der Waals surface area contributed by atoms with Crippen LogP contribution in [0.15, 0.2) is 24.3 Å². The van der Waals surface area contributed by atoms with Gasteiger partial charge >= 0.3 is 6.09 Å². The predicted octanol–water partition coefficient (Wildman–Crippen LogP) is 2.96. The third-order valence-electron chi connectivity index (χ3n) is 4.56. The first kappa shape index (κ1) is 23.3. The highest BCUT2D eigenvalue weighted by Crippen LogP contribution is 2.32. The van der Waals surface area contributed by atoms with Crippen LogP contribution in [0.5, 0.6) is 0 Å². The maximum absolute atomic E-state index is 12.7. The van der Waals surface area contributed by atoms with Crippen molar-refractivity contribution in [2.24, 2.45) is 0 Å². The number of ether oxygens (including phenoxy) is 1. The van der Waals surface area contributed by atoms with Crippen LogP contribution in [0.3, 0.4) is 0 Å². The van der Waals surface area contributed by atoms with Crippen molar-refractivity contribution in [3.8, 4) is 0 Å². The molecule has 1 heterocycles. The summed E-state index contributed by atoms with van der Waals surface area (Å²) in [6, 6.07) is 5.30. The maximum atomic E-state index is 12.7. The predicted molar refractivity (Wildman–Crippen MR) is 112 cm³/mol. The number of nitro benzene ring substituents is 1. The number of hydroxylamine groups is 2. The third kappa shape index (κ3) is 6.00. The lowest BCUT2D eigenvalue weighted by molar-refractivity contribution is -0.384. The molecular weight excluding hydrogens is 418 g/mol. The molecule has 0 aliphatic carbocycles. The van der Waals surface area contributed by atoms with Crippen LogP contribution in [0.1, 0.15) is 25.8 Å². The van der Waals surface area contributed by atoms with E-state index in [1.165, 1.54) is 40.9 Å². The van der Waals surface area contributed by atoms with Crippen LogP contribution >= 0.6 is 24.4 Å². The van der Waals surface area contributed by atoms with E-state index in [-0.39, 0.29) is 24.1 Å². The number of hydrogen-bond donors (Lipinski definition) is 2. The molecule has 9 nitrogen and oxygen atoms in total. The fraction of sp³-hybridized carbons (Fsp3) is 0.556. The minimum absolute atomic E-state index is 0.0416. The first-order chi connectivity index (χ1) is 13.8. The maximum Gasteiger partial charge on any atom is 0.410 e. The Hall–Kier alpha value is -1.98. The molecule has 1 aliphatic rings. The molecule has 0 aromatic heterocycles. The van der Waals surface area contributed by atoms with Crippen LogP contribution in [0.2, 0.25) is 0 Å². The Balaban J connectivity index is 2.08. The smallest absolute Gasteiger partial charge is 0.410 e. The molecule has 0 saturated carbocycles. The van der Waals surface area contributed by atoms with E-state index < -0.39 is 28.2 Å². The second-order valence-corrected chi connectivity index (χ2v) is 8.67. The van der Waals surface area contributed by atoms with Crippen molar-refractivity contribution in [2.75, 3.05) is 18.8 Å². The van der Waals surface area contributed by atoms with Gasteiger partial charge in [0.05, 0.1) is 11.0 Å². The molecule has 1 aromatic rings. The fourth-order valence-corrected chi connectivity index (χ4v) is 4.61. The average Bonchev–Trinajstić information content (AvgIpc) is 3.10. The van der Waals surface area contributed by atoms with Gasteiger partial charge in [-0.2, -0.15) is 12.6 Å². The number of likely N-dealkylation sites (tertiary alicyclic amines) is 1. The quantitative estimate of drug-likeness (QED) is 0.275. The second kappa shape index (κ2) is 10.7. The van der Waals surface area contributed by atoms with E-state index in [9.17, 15) is 24.9 Å². The Morgan fingerprint density at radius 3 is 2.62 bits per heavy atom. The number of carbonyl (C=O) groups is 2. The molecule has 11 heteroatoms. The summed E-state index contributed by atoms with van der Waals surface area (Å²) in [6.07, 6.45) is -0.0723. The van der Waals surface area contributed by atoms with Gasteiger partial charge in [0.25, 0.3) is 11.6 Å². The zero-order chi connectivity index (χ0) is 21.6. The molecule has 1 N–H and O–H groups in total. The minimum atomic E-state index is -0.617. The van der Waals surface area contributed by atoms with E-state index >= 15 is 0 Å². The van der Waals surface area contributed by atoms with Crippen molar-refractivity contribution >= 4 is 42.1 Å². The lowest BCUT2D eigenvalue weighted by Gasteiger charge is -2.31. The van der Waals surface area contributed by atoms with Gasteiger partial charge in [-0.3, -0.25) is 20.1 Å². The third-order valence-corrected chi connectivity index (χ3v) is 6.14. The van der Waals surface area contributed by atoms with Crippen LogP contribution in [-0.4, -0.2) is 67.5 Å². The van der Waals surface area contributed by atoms with Crippen molar-refractivity contribution < 1.29 is 24.5 Å². The zero-order valence-corrected chi connectivity index (χ0v) is 18.0. The Kier molecular flexibility index (Phi) is 8.60. The number of non-ortho nitro benzene ring substituents is 1. The number of hydrogen-bond acceptors (Lipinski definition) is 8. The van der Waals surface area contributed by atoms with Crippen LogP contribution in [0.4, 0.5) is 10.5 Å². The lowest BCUT2D eigenvalue weighted by atomic mass is 10.1. The average molecular weight is 444 g/mol. The molecule has 160 valence electrons. The van der Waals surface area contributed by atoms with Crippen LogP contribution < -0.4 is 0 Å². The summed E-state index contributed by atoms with van der Waals surface area (Å²) in [5.41, 5.74) is 0.574. The summed E-state index contributed by atoms with van der Waals surface area (Å²) in [6.45, 7) is 4.01. The molecular formula is C18H25N3O6S2. The second-order valence-electron chi connectivity index (χ2n) is 6.52. The molecule has 1 fully saturated rings. The first-order valence-corrected chi connectivity index (χ1v) is 10.8. The molecule has 2 amide bonds. The SMILES string of the molecule is CCSC(C(=O)N(O)CC)C1CC(S)CN1C(=O)OCc1ccc([N+](=O)[O-])cc1. The number of rotatable bonds is 8. The van der Waals surface area contributed by atoms with E-state index in [4.69, 9.17) is 4.74 Å². The highest BCUT2D eigenvalue weighted by atomic mass is 32.2. The fourth-order valence-electron chi connectivity index (χ4n) is 3.11. The first-order valence-electron chi connectivity index (χ1n) is 9.25. The molecule has 0 spiro atoms. The van der Waals surface area contributed by atoms with Gasteiger partial charge in [0, 0.05) is 30.5 Å². The summed E-state index contributed by atoms with van der Waals surface area (Å²) in [7, 11) is 0. The van der Waals surface area contributed by atoms with Gasteiger partial charge in [0.2, 0.25) is 0 Å². The van der Waals surface area contributed by atoms with Crippen molar-refractivity contribution in [2.45, 2.75) is 43.4 Å². The van der Waals surface area contributed by atoms with Gasteiger partial charge < -0.3 is 9.64 Å². The highest BCUT2D eigenvalue weighted by Gasteiger charge is 2.43. The van der Waals surface area contributed by atoms with Crippen LogP contribution in [0.25, 0.3) is 0 Å². The molecule has 2 rings (SSSR count). The van der Waals surface area contributed by atoms with E-state index in [0.29, 0.717) is 29.3 Å². The largest absolute Gasteiger partial charge is 0.445 e. The van der Waals surface area contributed by atoms with Gasteiger partial charge in [0.15, 0.2) is 0 Å². The minimum Gasteiger partial charge on any atom is -0.445 e. The van der Waals surface area contributed by atoms with Gasteiger partial charge in [0.1, 0.15) is 11.9 Å². The highest BCUT2D eigenvalue weighted by molar-refractivity contribution is 8.00. The molecule has 1 saturated heterocycles. The van der Waals surface area contributed by atoms with Gasteiger partial charge in [-0.25, -0.2) is 9.86 Å². The number of carbonyl (C=O) groups excluding carboxylic acids is 2. The molecule has 1 aromatic carbocycles. The Morgan fingerprint density at radius 2 is 2.07 bits per heavy atom. The number of amides is 2. The van der Waals surface area contributed by atoms with Crippen molar-refractivity contribution in [3.05, 3.63) is 39.9 Å². The molecule has 3 unspecified atom stereocenters. The van der Waals surface area contributed by atoms with Crippen LogP contribution in [-0.2, 0) is 16.1 Å². The van der Waals surface area contributed by atoms with E-state index in [0.717, 1.165) is 0 Å². The Morgan fingerprint density at radius 1 is 1.41 bits per heavy atom. The van der Waals surface area contributed by atoms with Crippen molar-refractivity contribution in [3.63, 3.8) is 0 Å². The topological polar surface area (TPSA) is 113 Å². The zero-order valence-electron chi connectivity index (χ0n) is 16.3. The summed E-state index contributed by atoms with van der Waals surface area (Å²) in [5.74, 6) is 0.202. The van der Waals surface area contributed by atoms with Crippen molar-refractivity contribution in [1.29, 1.82) is 0 Å². The monoisotopic (exact) mass is 443 g/mol.